The molecule has 4 rings (SSSR count). The lowest BCUT2D eigenvalue weighted by Crippen LogP contribution is -2.21. The zero-order valence-corrected chi connectivity index (χ0v) is 17.6. The Morgan fingerprint density at radius 2 is 2.14 bits per heavy atom. The number of nitrogens with zero attached hydrogens (tertiary/aromatic N) is 3. The fourth-order valence-electron chi connectivity index (χ4n) is 2.88. The monoisotopic (exact) mass is 461 g/mol. The molecule has 0 radical (unpaired) electrons. The maximum absolute atomic E-state index is 12.6. The predicted molar refractivity (Wildman–Crippen MR) is 115 cm³/mol. The molecular weight excluding hydrogens is 446 g/mol. The lowest BCUT2D eigenvalue weighted by Gasteiger charge is -2.12. The van der Waals surface area contributed by atoms with Crippen molar-refractivity contribution in [2.75, 3.05) is 32.5 Å². The van der Waals surface area contributed by atoms with Gasteiger partial charge in [-0.2, -0.15) is 0 Å². The summed E-state index contributed by atoms with van der Waals surface area (Å²) in [5, 5.41) is 4.39. The van der Waals surface area contributed by atoms with E-state index in [0.717, 1.165) is 22.9 Å². The number of H-pyrrole nitrogens is 1. The number of nitrogens with one attached hydrogen (secondary N) is 2. The number of pyridine rings is 1. The molecule has 9 heteroatoms. The Bertz CT molecular complexity index is 1230. The van der Waals surface area contributed by atoms with Crippen LogP contribution in [-0.4, -0.2) is 47.0 Å². The van der Waals surface area contributed by atoms with E-state index in [1.54, 1.807) is 18.3 Å². The van der Waals surface area contributed by atoms with Gasteiger partial charge in [0.25, 0.3) is 5.56 Å². The summed E-state index contributed by atoms with van der Waals surface area (Å²) in [6.07, 6.45) is 1.54. The van der Waals surface area contributed by atoms with Crippen molar-refractivity contribution >= 4 is 55.4 Å². The minimum absolute atomic E-state index is 0.186. The van der Waals surface area contributed by atoms with E-state index in [0.29, 0.717) is 33.3 Å². The number of rotatable bonds is 5. The van der Waals surface area contributed by atoms with Gasteiger partial charge in [-0.05, 0) is 38.4 Å². The summed E-state index contributed by atoms with van der Waals surface area (Å²) < 4.78 is 6.54. The number of anilines is 1. The van der Waals surface area contributed by atoms with E-state index in [2.05, 4.69) is 41.1 Å². The van der Waals surface area contributed by atoms with Crippen LogP contribution in [0.15, 0.2) is 44.1 Å². The summed E-state index contributed by atoms with van der Waals surface area (Å²) in [7, 11) is 4.00. The first kappa shape index (κ1) is 18.9. The Kier molecular flexibility index (Phi) is 5.09. The maximum Gasteiger partial charge on any atom is 0.294 e. The molecule has 0 aliphatic heterocycles. The maximum atomic E-state index is 12.6. The summed E-state index contributed by atoms with van der Waals surface area (Å²) in [6.45, 7) is 1.58. The molecule has 0 aliphatic rings. The van der Waals surface area contributed by atoms with Crippen LogP contribution in [0.2, 0.25) is 5.02 Å². The van der Waals surface area contributed by atoms with Crippen LogP contribution < -0.4 is 10.9 Å². The van der Waals surface area contributed by atoms with Crippen LogP contribution in [0, 0.1) is 0 Å². The van der Waals surface area contributed by atoms with Crippen LogP contribution in [-0.2, 0) is 0 Å². The van der Waals surface area contributed by atoms with Crippen molar-refractivity contribution in [3.63, 3.8) is 0 Å². The highest BCUT2D eigenvalue weighted by atomic mass is 79.9. The highest BCUT2D eigenvalue weighted by molar-refractivity contribution is 9.10. The summed E-state index contributed by atoms with van der Waals surface area (Å²) in [5.41, 5.74) is 1.51. The van der Waals surface area contributed by atoms with Gasteiger partial charge in [0.2, 0.25) is 5.58 Å². The molecule has 0 unspecified atom stereocenters. The fraction of sp³-hybridized carbons (Fsp3) is 0.211. The molecular formula is C19H17BrClN5O2. The van der Waals surface area contributed by atoms with Crippen molar-refractivity contribution in [2.24, 2.45) is 0 Å². The Labute approximate surface area is 173 Å². The van der Waals surface area contributed by atoms with Gasteiger partial charge in [-0.3, -0.25) is 4.79 Å². The first-order valence-corrected chi connectivity index (χ1v) is 9.76. The van der Waals surface area contributed by atoms with Crippen molar-refractivity contribution in [2.45, 2.75) is 0 Å². The van der Waals surface area contributed by atoms with Gasteiger partial charge in [0.05, 0.1) is 5.02 Å². The second-order valence-electron chi connectivity index (χ2n) is 6.61. The molecule has 144 valence electrons. The first-order chi connectivity index (χ1) is 13.4. The standard InChI is InChI=1S/C19H17BrClN5O2/c1-26(2)6-5-22-15-8-11(13(21)9-23-15)18-24-16-12-7-10(20)3-4-14(12)28-17(16)19(27)25-18/h3-4,7-9H,5-6H2,1-2H3,(H,22,23)(H,24,25,27). The Balaban J connectivity index is 1.81. The Hall–Kier alpha value is -2.42. The van der Waals surface area contributed by atoms with E-state index >= 15 is 0 Å². The molecule has 0 bridgehead atoms. The summed E-state index contributed by atoms with van der Waals surface area (Å²) >= 11 is 9.79. The van der Waals surface area contributed by atoms with Gasteiger partial charge in [0, 0.05) is 34.7 Å². The lowest BCUT2D eigenvalue weighted by molar-refractivity contribution is 0.425. The molecule has 0 amide bonds. The molecule has 0 spiro atoms. The second kappa shape index (κ2) is 7.54. The first-order valence-electron chi connectivity index (χ1n) is 8.59. The third-order valence-corrected chi connectivity index (χ3v) is 5.06. The van der Waals surface area contributed by atoms with E-state index in [4.69, 9.17) is 16.0 Å². The Morgan fingerprint density at radius 1 is 1.32 bits per heavy atom. The zero-order valence-electron chi connectivity index (χ0n) is 15.2. The van der Waals surface area contributed by atoms with Crippen LogP contribution in [0.5, 0.6) is 0 Å². The molecule has 3 heterocycles. The van der Waals surface area contributed by atoms with Gasteiger partial charge < -0.3 is 19.6 Å². The average molecular weight is 463 g/mol. The minimum Gasteiger partial charge on any atom is -0.449 e. The van der Waals surface area contributed by atoms with Gasteiger partial charge in [0.1, 0.15) is 22.7 Å². The molecule has 0 atom stereocenters. The van der Waals surface area contributed by atoms with Gasteiger partial charge >= 0.3 is 0 Å². The molecule has 2 N–H and O–H groups in total. The summed E-state index contributed by atoms with van der Waals surface area (Å²) in [6, 6.07) is 7.30. The van der Waals surface area contributed by atoms with Crippen LogP contribution in [0.1, 0.15) is 0 Å². The van der Waals surface area contributed by atoms with Gasteiger partial charge in [-0.15, -0.1) is 0 Å². The number of halogens is 2. The number of fused-ring (bicyclic) bond motifs is 3. The van der Waals surface area contributed by atoms with E-state index in [1.165, 1.54) is 0 Å². The topological polar surface area (TPSA) is 87.0 Å². The van der Waals surface area contributed by atoms with Gasteiger partial charge in [0.15, 0.2) is 0 Å². The van der Waals surface area contributed by atoms with Crippen LogP contribution in [0.4, 0.5) is 5.82 Å². The highest BCUT2D eigenvalue weighted by Crippen LogP contribution is 2.31. The number of likely N-dealkylation sites (N-methyl/N-ethyl adjacent to an activating group) is 1. The van der Waals surface area contributed by atoms with E-state index < -0.39 is 0 Å². The van der Waals surface area contributed by atoms with Crippen molar-refractivity contribution in [3.8, 4) is 11.4 Å². The summed E-state index contributed by atoms with van der Waals surface area (Å²) in [5.74, 6) is 1.02. The van der Waals surface area contributed by atoms with Crippen molar-refractivity contribution in [3.05, 3.63) is 50.3 Å². The lowest BCUT2D eigenvalue weighted by atomic mass is 10.2. The predicted octanol–water partition coefficient (Wildman–Crippen LogP) is 4.12. The third kappa shape index (κ3) is 3.63. The highest BCUT2D eigenvalue weighted by Gasteiger charge is 2.16. The van der Waals surface area contributed by atoms with E-state index in [1.807, 2.05) is 26.2 Å². The molecule has 0 aliphatic carbocycles. The minimum atomic E-state index is -0.359. The third-order valence-electron chi connectivity index (χ3n) is 4.26. The smallest absolute Gasteiger partial charge is 0.294 e. The normalized spacial score (nSPS) is 11.6. The largest absolute Gasteiger partial charge is 0.449 e. The van der Waals surface area contributed by atoms with Gasteiger partial charge in [-0.25, -0.2) is 9.97 Å². The number of hydrogen-bond donors (Lipinski definition) is 2. The zero-order chi connectivity index (χ0) is 19.8. The number of aromatic amines is 1. The number of benzene rings is 1. The molecule has 28 heavy (non-hydrogen) atoms. The SMILES string of the molecule is CN(C)CCNc1cc(-c2nc3c(oc4ccc(Br)cc43)c(=O)[nH]2)c(Cl)cn1. The fourth-order valence-corrected chi connectivity index (χ4v) is 3.43. The van der Waals surface area contributed by atoms with E-state index in [-0.39, 0.29) is 11.1 Å². The van der Waals surface area contributed by atoms with E-state index in [9.17, 15) is 4.79 Å². The molecule has 7 nitrogen and oxygen atoms in total. The molecule has 4 aromatic rings. The van der Waals surface area contributed by atoms with Crippen molar-refractivity contribution < 1.29 is 4.42 Å². The number of aromatic nitrogens is 3. The van der Waals surface area contributed by atoms with Crippen molar-refractivity contribution in [1.29, 1.82) is 0 Å². The van der Waals surface area contributed by atoms with Crippen LogP contribution in [0.25, 0.3) is 33.5 Å². The van der Waals surface area contributed by atoms with Crippen LogP contribution in [0.3, 0.4) is 0 Å². The van der Waals surface area contributed by atoms with Crippen LogP contribution >= 0.6 is 27.5 Å². The molecule has 3 aromatic heterocycles. The molecule has 0 fully saturated rings. The number of furan rings is 1. The molecule has 0 saturated carbocycles. The molecule has 0 saturated heterocycles. The Morgan fingerprint density at radius 3 is 2.93 bits per heavy atom. The quantitative estimate of drug-likeness (QED) is 0.464. The summed E-state index contributed by atoms with van der Waals surface area (Å²) in [4.78, 5) is 26.3. The second-order valence-corrected chi connectivity index (χ2v) is 7.94. The number of hydrogen-bond acceptors (Lipinski definition) is 6. The van der Waals surface area contributed by atoms with Crippen molar-refractivity contribution in [1.82, 2.24) is 19.9 Å². The molecule has 1 aromatic carbocycles. The van der Waals surface area contributed by atoms with Gasteiger partial charge in [-0.1, -0.05) is 27.5 Å². The average Bonchev–Trinajstić information content (AvgIpc) is 3.01.